The van der Waals surface area contributed by atoms with Crippen LogP contribution in [-0.2, 0) is 0 Å². The fourth-order valence-corrected chi connectivity index (χ4v) is 2.85. The number of benzene rings is 1. The van der Waals surface area contributed by atoms with Crippen molar-refractivity contribution in [2.24, 2.45) is 0 Å². The third-order valence-electron chi connectivity index (χ3n) is 4.11. The fraction of sp³-hybridized carbons (Fsp3) is 0.312. The molecule has 0 spiro atoms. The molecule has 0 bridgehead atoms. The molecule has 23 heavy (non-hydrogen) atoms. The van der Waals surface area contributed by atoms with Gasteiger partial charge >= 0.3 is 0 Å². The molecule has 2 aromatic heterocycles. The summed E-state index contributed by atoms with van der Waals surface area (Å²) < 4.78 is 5.50. The molecule has 7 heteroatoms. The molecule has 1 unspecified atom stereocenters. The van der Waals surface area contributed by atoms with Gasteiger partial charge in [0.05, 0.1) is 17.1 Å². The lowest BCUT2D eigenvalue weighted by molar-refractivity contribution is 0.190. The van der Waals surface area contributed by atoms with Gasteiger partial charge in [0.2, 0.25) is 0 Å². The highest BCUT2D eigenvalue weighted by Gasteiger charge is 2.25. The van der Waals surface area contributed by atoms with Crippen LogP contribution in [0.15, 0.2) is 41.1 Å². The van der Waals surface area contributed by atoms with Crippen molar-refractivity contribution in [2.45, 2.75) is 6.04 Å². The van der Waals surface area contributed by atoms with E-state index in [0.29, 0.717) is 5.89 Å². The molecule has 1 atom stereocenters. The number of nitrogens with one attached hydrogen (secondary N) is 1. The highest BCUT2D eigenvalue weighted by molar-refractivity contribution is 5.91. The second kappa shape index (κ2) is 6.62. The zero-order valence-electron chi connectivity index (χ0n) is 12.8. The van der Waals surface area contributed by atoms with E-state index in [0.717, 1.165) is 41.9 Å². The van der Waals surface area contributed by atoms with Crippen LogP contribution in [0, 0.1) is 0 Å². The number of nitrogens with zero attached hydrogens (tertiary/aromatic N) is 4. The average Bonchev–Trinajstić information content (AvgIpc) is 3.04. The Morgan fingerprint density at radius 3 is 3.00 bits per heavy atom. The van der Waals surface area contributed by atoms with E-state index in [1.54, 1.807) is 6.20 Å². The minimum absolute atomic E-state index is 0. The SMILES string of the molecule is CN1CCNCC1c1noc(-c2cccc3cccnc23)n1.Cl. The first-order chi connectivity index (χ1) is 10.8. The smallest absolute Gasteiger partial charge is 0.260 e. The van der Waals surface area contributed by atoms with E-state index in [1.807, 2.05) is 30.3 Å². The van der Waals surface area contributed by atoms with Crippen LogP contribution >= 0.6 is 12.4 Å². The fourth-order valence-electron chi connectivity index (χ4n) is 2.85. The van der Waals surface area contributed by atoms with Crippen molar-refractivity contribution < 1.29 is 4.52 Å². The molecule has 3 aromatic rings. The van der Waals surface area contributed by atoms with Crippen LogP contribution in [0.2, 0.25) is 0 Å². The quantitative estimate of drug-likeness (QED) is 0.777. The monoisotopic (exact) mass is 331 g/mol. The molecule has 1 fully saturated rings. The number of hydrogen-bond donors (Lipinski definition) is 1. The van der Waals surface area contributed by atoms with Crippen LogP contribution in [0.3, 0.4) is 0 Å². The van der Waals surface area contributed by atoms with E-state index in [9.17, 15) is 0 Å². The second-order valence-electron chi connectivity index (χ2n) is 5.54. The normalized spacial score (nSPS) is 18.7. The maximum absolute atomic E-state index is 5.50. The van der Waals surface area contributed by atoms with E-state index in [4.69, 9.17) is 4.52 Å². The topological polar surface area (TPSA) is 67.1 Å². The minimum atomic E-state index is 0. The summed E-state index contributed by atoms with van der Waals surface area (Å²) in [6, 6.07) is 10.1. The maximum atomic E-state index is 5.50. The van der Waals surface area contributed by atoms with Crippen LogP contribution in [0.5, 0.6) is 0 Å². The Balaban J connectivity index is 0.00000156. The van der Waals surface area contributed by atoms with Crippen molar-refractivity contribution in [3.05, 3.63) is 42.4 Å². The Labute approximate surface area is 140 Å². The van der Waals surface area contributed by atoms with Crippen LogP contribution < -0.4 is 5.32 Å². The van der Waals surface area contributed by atoms with Gasteiger partial charge in [-0.05, 0) is 19.2 Å². The maximum Gasteiger partial charge on any atom is 0.260 e. The van der Waals surface area contributed by atoms with E-state index in [1.165, 1.54) is 0 Å². The molecule has 0 aliphatic carbocycles. The average molecular weight is 332 g/mol. The van der Waals surface area contributed by atoms with Gasteiger partial charge in [0, 0.05) is 31.2 Å². The Hall–Kier alpha value is -2.02. The minimum Gasteiger partial charge on any atom is -0.334 e. The Morgan fingerprint density at radius 2 is 2.13 bits per heavy atom. The summed E-state index contributed by atoms with van der Waals surface area (Å²) >= 11 is 0. The highest BCUT2D eigenvalue weighted by atomic mass is 35.5. The van der Waals surface area contributed by atoms with E-state index in [-0.39, 0.29) is 18.4 Å². The van der Waals surface area contributed by atoms with Gasteiger partial charge in [0.25, 0.3) is 5.89 Å². The molecule has 1 aromatic carbocycles. The first-order valence-electron chi connectivity index (χ1n) is 7.41. The van der Waals surface area contributed by atoms with Gasteiger partial charge in [-0.1, -0.05) is 23.4 Å². The predicted octanol–water partition coefficient (Wildman–Crippen LogP) is 2.28. The number of rotatable bonds is 2. The van der Waals surface area contributed by atoms with E-state index in [2.05, 4.69) is 32.4 Å². The van der Waals surface area contributed by atoms with Crippen LogP contribution in [0.4, 0.5) is 0 Å². The summed E-state index contributed by atoms with van der Waals surface area (Å²) in [6.07, 6.45) is 1.78. The van der Waals surface area contributed by atoms with Gasteiger partial charge < -0.3 is 9.84 Å². The number of para-hydroxylation sites is 1. The number of pyridine rings is 1. The molecule has 3 heterocycles. The lowest BCUT2D eigenvalue weighted by atomic mass is 10.1. The summed E-state index contributed by atoms with van der Waals surface area (Å²) in [4.78, 5) is 11.3. The zero-order valence-corrected chi connectivity index (χ0v) is 13.6. The first-order valence-corrected chi connectivity index (χ1v) is 7.41. The van der Waals surface area contributed by atoms with Crippen molar-refractivity contribution in [1.29, 1.82) is 0 Å². The van der Waals surface area contributed by atoms with Crippen LogP contribution in [0.25, 0.3) is 22.4 Å². The number of halogens is 1. The van der Waals surface area contributed by atoms with Crippen LogP contribution in [-0.4, -0.2) is 46.7 Å². The van der Waals surface area contributed by atoms with Crippen molar-refractivity contribution in [3.8, 4) is 11.5 Å². The van der Waals surface area contributed by atoms with Gasteiger partial charge in [-0.15, -0.1) is 12.4 Å². The summed E-state index contributed by atoms with van der Waals surface area (Å²) in [5.41, 5.74) is 1.76. The lowest BCUT2D eigenvalue weighted by Crippen LogP contribution is -2.44. The van der Waals surface area contributed by atoms with E-state index >= 15 is 0 Å². The molecule has 1 N–H and O–H groups in total. The van der Waals surface area contributed by atoms with Crippen molar-refractivity contribution >= 4 is 23.3 Å². The molecule has 4 rings (SSSR count). The molecule has 1 aliphatic rings. The Morgan fingerprint density at radius 1 is 1.26 bits per heavy atom. The van der Waals surface area contributed by atoms with Crippen molar-refractivity contribution in [1.82, 2.24) is 25.3 Å². The van der Waals surface area contributed by atoms with Crippen LogP contribution in [0.1, 0.15) is 11.9 Å². The number of fused-ring (bicyclic) bond motifs is 1. The number of likely N-dealkylation sites (N-methyl/N-ethyl adjacent to an activating group) is 1. The molecule has 1 saturated heterocycles. The molecule has 6 nitrogen and oxygen atoms in total. The lowest BCUT2D eigenvalue weighted by Gasteiger charge is -2.30. The molecule has 0 radical (unpaired) electrons. The van der Waals surface area contributed by atoms with Gasteiger partial charge in [-0.25, -0.2) is 0 Å². The van der Waals surface area contributed by atoms with Gasteiger partial charge in [-0.3, -0.25) is 9.88 Å². The molecular weight excluding hydrogens is 314 g/mol. The summed E-state index contributed by atoms with van der Waals surface area (Å²) in [6.45, 7) is 2.80. The Bertz CT molecular complexity index is 801. The zero-order chi connectivity index (χ0) is 14.9. The van der Waals surface area contributed by atoms with Gasteiger partial charge in [-0.2, -0.15) is 4.98 Å². The molecule has 0 saturated carbocycles. The molecule has 0 amide bonds. The van der Waals surface area contributed by atoms with Crippen molar-refractivity contribution in [3.63, 3.8) is 0 Å². The summed E-state index contributed by atoms with van der Waals surface area (Å²) in [7, 11) is 2.08. The molecule has 120 valence electrons. The standard InChI is InChI=1S/C16H17N5O.ClH/c1-21-9-8-17-10-13(21)15-19-16(22-20-15)12-6-2-4-11-5-3-7-18-14(11)12;/h2-7,13,17H,8-10H2,1H3;1H. The summed E-state index contributed by atoms with van der Waals surface area (Å²) in [5.74, 6) is 1.25. The van der Waals surface area contributed by atoms with E-state index < -0.39 is 0 Å². The first kappa shape index (κ1) is 15.9. The predicted molar refractivity (Wildman–Crippen MR) is 90.5 cm³/mol. The molecular formula is C16H18ClN5O. The number of aromatic nitrogens is 3. The van der Waals surface area contributed by atoms with Crippen molar-refractivity contribution in [2.75, 3.05) is 26.7 Å². The third-order valence-corrected chi connectivity index (χ3v) is 4.11. The molecule has 1 aliphatic heterocycles. The Kier molecular flexibility index (Phi) is 4.56. The summed E-state index contributed by atoms with van der Waals surface area (Å²) in [5, 5.41) is 8.61. The van der Waals surface area contributed by atoms with Gasteiger partial charge in [0.15, 0.2) is 5.82 Å². The second-order valence-corrected chi connectivity index (χ2v) is 5.54. The largest absolute Gasteiger partial charge is 0.334 e. The van der Waals surface area contributed by atoms with Gasteiger partial charge in [0.1, 0.15) is 0 Å². The number of hydrogen-bond acceptors (Lipinski definition) is 6. The highest BCUT2D eigenvalue weighted by Crippen LogP contribution is 2.27. The third kappa shape index (κ3) is 2.93. The number of piperazine rings is 1.